The van der Waals surface area contributed by atoms with Gasteiger partial charge in [-0.15, -0.1) is 11.3 Å². The molecule has 0 amide bonds. The van der Waals surface area contributed by atoms with E-state index in [0.29, 0.717) is 9.21 Å². The Morgan fingerprint density at radius 3 is 2.82 bits per heavy atom. The first-order valence-corrected chi connectivity index (χ1v) is 15.4. The minimum atomic E-state index is -4.09. The van der Waals surface area contributed by atoms with Gasteiger partial charge in [0.1, 0.15) is 30.5 Å². The Bertz CT molecular complexity index is 1510. The number of thiophene rings is 1. The number of anilines is 1. The summed E-state index contributed by atoms with van der Waals surface area (Å²) in [6.45, 7) is 0.769. The number of carbonyl (C=O) groups is 1. The lowest BCUT2D eigenvalue weighted by Gasteiger charge is -2.27. The first-order chi connectivity index (χ1) is 18.6. The van der Waals surface area contributed by atoms with Crippen LogP contribution >= 0.6 is 38.9 Å². The summed E-state index contributed by atoms with van der Waals surface area (Å²) < 4.78 is 31.9. The zero-order chi connectivity index (χ0) is 27.9. The number of ketones is 1. The lowest BCUT2D eigenvalue weighted by atomic mass is 9.91. The molecule has 2 aliphatic rings. The van der Waals surface area contributed by atoms with Crippen LogP contribution in [0.2, 0.25) is 4.34 Å². The van der Waals surface area contributed by atoms with Crippen molar-refractivity contribution in [2.75, 3.05) is 18.9 Å². The number of halogens is 2. The van der Waals surface area contributed by atoms with Crippen LogP contribution in [-0.2, 0) is 20.9 Å². The molecule has 0 radical (unpaired) electrons. The molecule has 15 heteroatoms. The van der Waals surface area contributed by atoms with Crippen LogP contribution in [0.1, 0.15) is 44.4 Å². The van der Waals surface area contributed by atoms with Crippen molar-refractivity contribution in [2.24, 2.45) is 0 Å². The van der Waals surface area contributed by atoms with Crippen molar-refractivity contribution in [3.05, 3.63) is 72.7 Å². The second-order valence-electron chi connectivity index (χ2n) is 9.19. The minimum absolute atomic E-state index is 0.0574. The van der Waals surface area contributed by atoms with Crippen molar-refractivity contribution in [1.29, 1.82) is 0 Å². The van der Waals surface area contributed by atoms with E-state index in [9.17, 15) is 23.4 Å². The molecule has 0 bridgehead atoms. The van der Waals surface area contributed by atoms with Crippen molar-refractivity contribution in [2.45, 2.75) is 43.2 Å². The van der Waals surface area contributed by atoms with Crippen LogP contribution in [0.3, 0.4) is 0 Å². The van der Waals surface area contributed by atoms with Crippen molar-refractivity contribution < 1.29 is 27.6 Å². The maximum atomic E-state index is 13.6. The van der Waals surface area contributed by atoms with Gasteiger partial charge in [-0.25, -0.2) is 9.97 Å². The van der Waals surface area contributed by atoms with E-state index >= 15 is 0 Å². The summed E-state index contributed by atoms with van der Waals surface area (Å²) in [5.74, 6) is -0.250. The molecule has 0 saturated heterocycles. The third-order valence-electron chi connectivity index (χ3n) is 6.82. The van der Waals surface area contributed by atoms with Crippen LogP contribution < -0.4 is 15.4 Å². The number of nitrogens with zero attached hydrogens (tertiary/aromatic N) is 2. The van der Waals surface area contributed by atoms with Crippen molar-refractivity contribution in [1.82, 2.24) is 20.0 Å². The number of aliphatic hydroxyl groups is 2. The Balaban J connectivity index is 1.39. The fraction of sp³-hybridized carbons (Fsp3) is 0.375. The van der Waals surface area contributed by atoms with E-state index in [1.54, 1.807) is 6.07 Å². The highest BCUT2D eigenvalue weighted by Gasteiger charge is 2.44. The van der Waals surface area contributed by atoms with Gasteiger partial charge in [-0.1, -0.05) is 33.6 Å². The number of carbonyl (C=O) groups excluding carboxylic acids is 1. The number of benzene rings is 1. The predicted octanol–water partition coefficient (Wildman–Crippen LogP) is 2.18. The second-order valence-corrected chi connectivity index (χ2v) is 13.3. The lowest BCUT2D eigenvalue weighted by Crippen LogP contribution is -2.38. The molecule has 5 N–H and O–H groups in total. The van der Waals surface area contributed by atoms with Gasteiger partial charge in [0.15, 0.2) is 0 Å². The van der Waals surface area contributed by atoms with E-state index in [2.05, 4.69) is 48.7 Å². The molecule has 0 spiro atoms. The highest BCUT2D eigenvalue weighted by Crippen LogP contribution is 2.39. The molecule has 1 saturated carbocycles. The van der Waals surface area contributed by atoms with Crippen LogP contribution in [-0.4, -0.2) is 72.3 Å². The molecule has 11 nitrogen and oxygen atoms in total. The van der Waals surface area contributed by atoms with Gasteiger partial charge in [-0.3, -0.25) is 8.98 Å². The van der Waals surface area contributed by atoms with Gasteiger partial charge in [-0.05, 0) is 35.7 Å². The summed E-state index contributed by atoms with van der Waals surface area (Å²) in [7, 11) is -2.92. The van der Waals surface area contributed by atoms with E-state index in [0.717, 1.165) is 39.9 Å². The SMILES string of the molecule is CNS(=O)(=O)O[C@@H]1C[C@@H](Nc2ncncc2C(=O)c2cc([C@H]3NCCc4ccc(Br)cc43)c(Cl)s2)[C@H](O)[C@H]1O. The molecule has 1 fully saturated rings. The molecule has 3 heterocycles. The zero-order valence-corrected chi connectivity index (χ0v) is 24.4. The molecule has 2 aromatic heterocycles. The molecule has 0 unspecified atom stereocenters. The molecule has 1 aliphatic carbocycles. The molecule has 1 aliphatic heterocycles. The molecule has 5 atom stereocenters. The third-order valence-corrected chi connectivity index (χ3v) is 9.70. The van der Waals surface area contributed by atoms with Gasteiger partial charge in [-0.2, -0.15) is 13.1 Å². The summed E-state index contributed by atoms with van der Waals surface area (Å²) >= 11 is 11.3. The Hall–Kier alpha value is -2.01. The van der Waals surface area contributed by atoms with Crippen molar-refractivity contribution >= 4 is 60.8 Å². The Kier molecular flexibility index (Phi) is 8.38. The fourth-order valence-corrected chi connectivity index (χ4v) is 7.13. The topological polar surface area (TPSA) is 163 Å². The Morgan fingerprint density at radius 1 is 1.26 bits per heavy atom. The number of hydrogen-bond donors (Lipinski definition) is 5. The average molecular weight is 659 g/mol. The quantitative estimate of drug-likeness (QED) is 0.227. The van der Waals surface area contributed by atoms with Crippen molar-refractivity contribution in [3.63, 3.8) is 0 Å². The first kappa shape index (κ1) is 28.5. The van der Waals surface area contributed by atoms with Gasteiger partial charge in [0.25, 0.3) is 0 Å². The molecular formula is C24H25BrClN5O6S2. The van der Waals surface area contributed by atoms with Crippen LogP contribution in [0.4, 0.5) is 5.82 Å². The molecule has 5 rings (SSSR count). The highest BCUT2D eigenvalue weighted by atomic mass is 79.9. The Morgan fingerprint density at radius 2 is 2.05 bits per heavy atom. The number of rotatable bonds is 8. The van der Waals surface area contributed by atoms with Gasteiger partial charge >= 0.3 is 10.3 Å². The largest absolute Gasteiger partial charge is 0.388 e. The minimum Gasteiger partial charge on any atom is -0.388 e. The number of aliphatic hydroxyl groups excluding tert-OH is 2. The normalized spacial score (nSPS) is 24.9. The van der Waals surface area contributed by atoms with Crippen LogP contribution in [0.5, 0.6) is 0 Å². The summed E-state index contributed by atoms with van der Waals surface area (Å²) in [6.07, 6.45) is -0.622. The highest BCUT2D eigenvalue weighted by molar-refractivity contribution is 9.10. The zero-order valence-electron chi connectivity index (χ0n) is 20.5. The molecule has 3 aromatic rings. The number of fused-ring (bicyclic) bond motifs is 1. The maximum Gasteiger partial charge on any atom is 0.335 e. The predicted molar refractivity (Wildman–Crippen MR) is 149 cm³/mol. The monoisotopic (exact) mass is 657 g/mol. The fourth-order valence-electron chi connectivity index (χ4n) is 4.85. The average Bonchev–Trinajstić information content (AvgIpc) is 3.42. The van der Waals surface area contributed by atoms with E-state index in [-0.39, 0.29) is 29.6 Å². The summed E-state index contributed by atoms with van der Waals surface area (Å²) in [5.41, 5.74) is 3.22. The van der Waals surface area contributed by atoms with Gasteiger partial charge < -0.3 is 20.8 Å². The second kappa shape index (κ2) is 11.5. The van der Waals surface area contributed by atoms with E-state index < -0.39 is 34.7 Å². The summed E-state index contributed by atoms with van der Waals surface area (Å²) in [6, 6.07) is 6.88. The van der Waals surface area contributed by atoms with Gasteiger partial charge in [0.05, 0.1) is 26.9 Å². The van der Waals surface area contributed by atoms with Crippen molar-refractivity contribution in [3.8, 4) is 0 Å². The lowest BCUT2D eigenvalue weighted by molar-refractivity contribution is -0.00882. The molecule has 1 aromatic carbocycles. The van der Waals surface area contributed by atoms with Gasteiger partial charge in [0.2, 0.25) is 5.78 Å². The number of hydrogen-bond acceptors (Lipinski definition) is 11. The number of nitrogens with one attached hydrogen (secondary N) is 3. The van der Waals surface area contributed by atoms with E-state index in [4.69, 9.17) is 15.8 Å². The Labute approximate surface area is 242 Å². The van der Waals surface area contributed by atoms with E-state index in [1.165, 1.54) is 25.1 Å². The van der Waals surface area contributed by atoms with Crippen LogP contribution in [0, 0.1) is 0 Å². The van der Waals surface area contributed by atoms with Crippen LogP contribution in [0.25, 0.3) is 0 Å². The molecule has 39 heavy (non-hydrogen) atoms. The summed E-state index contributed by atoms with van der Waals surface area (Å²) in [5, 5.41) is 27.3. The maximum absolute atomic E-state index is 13.6. The van der Waals surface area contributed by atoms with Gasteiger partial charge in [0, 0.05) is 36.2 Å². The molecular weight excluding hydrogens is 634 g/mol. The third kappa shape index (κ3) is 5.89. The smallest absolute Gasteiger partial charge is 0.335 e. The van der Waals surface area contributed by atoms with Crippen LogP contribution in [0.15, 0.2) is 41.3 Å². The summed E-state index contributed by atoms with van der Waals surface area (Å²) in [4.78, 5) is 22.1. The standard InChI is InChI=1S/C24H25BrClN5O6S2/c1-27-39(35,36)37-17-8-16(21(33)22(17)34)31-24-15(9-28-10-30-24)20(32)18-7-14(23(26)38-18)19-13-6-12(25)3-2-11(13)4-5-29-19/h2-3,6-7,9-10,16-17,19,21-22,27,29,33-34H,4-5,8H2,1H3,(H,28,30,31)/t16-,17-,19+,21+,22+/m1/s1. The first-order valence-electron chi connectivity index (χ1n) is 12.0. The molecule has 208 valence electrons. The number of aromatic nitrogens is 2. The van der Waals surface area contributed by atoms with E-state index in [1.807, 2.05) is 10.8 Å².